The van der Waals surface area contributed by atoms with Crippen LogP contribution in [-0.2, 0) is 39.5 Å². The Labute approximate surface area is 384 Å². The highest BCUT2D eigenvalue weighted by molar-refractivity contribution is 8.76. The molecule has 0 amide bonds. The van der Waals surface area contributed by atoms with Crippen molar-refractivity contribution in [2.45, 2.75) is 133 Å². The molecule has 6 rings (SSSR count). The second kappa shape index (κ2) is 24.1. The van der Waals surface area contributed by atoms with Gasteiger partial charge in [0, 0.05) is 47.8 Å². The van der Waals surface area contributed by atoms with Gasteiger partial charge in [-0.15, -0.1) is 0 Å². The van der Waals surface area contributed by atoms with Crippen LogP contribution in [0.4, 0.5) is 5.69 Å². The molecular formula is C50H66N2O10S2. The monoisotopic (exact) mass is 918 g/mol. The average Bonchev–Trinajstić information content (AvgIpc) is 3.28. The predicted molar refractivity (Wildman–Crippen MR) is 256 cm³/mol. The first-order chi connectivity index (χ1) is 30.9. The lowest BCUT2D eigenvalue weighted by Gasteiger charge is -2.33. The van der Waals surface area contributed by atoms with Crippen LogP contribution in [0.1, 0.15) is 118 Å². The number of hydrogen-bond donors (Lipinski definition) is 8. The fourth-order valence-corrected chi connectivity index (χ4v) is 11.4. The van der Waals surface area contributed by atoms with E-state index in [1.54, 1.807) is 29.0 Å². The van der Waals surface area contributed by atoms with E-state index in [4.69, 9.17) is 9.47 Å². The Morgan fingerprint density at radius 3 is 2.50 bits per heavy atom. The molecule has 348 valence electrons. The molecule has 8 N–H and O–H groups in total. The molecule has 12 nitrogen and oxygen atoms in total. The van der Waals surface area contributed by atoms with E-state index in [9.17, 15) is 40.2 Å². The third-order valence-corrected chi connectivity index (χ3v) is 14.9. The number of fused-ring (bicyclic) bond motifs is 5. The van der Waals surface area contributed by atoms with E-state index in [2.05, 4.69) is 10.6 Å². The number of aliphatic hydroxyl groups excluding tert-OH is 3. The van der Waals surface area contributed by atoms with E-state index in [1.165, 1.54) is 24.8 Å². The van der Waals surface area contributed by atoms with Crippen LogP contribution in [0, 0.1) is 0 Å². The molecule has 64 heavy (non-hydrogen) atoms. The molecule has 1 fully saturated rings. The summed E-state index contributed by atoms with van der Waals surface area (Å²) in [7, 11) is 4.64. The van der Waals surface area contributed by atoms with Gasteiger partial charge in [0.25, 0.3) is 0 Å². The van der Waals surface area contributed by atoms with Crippen LogP contribution in [-0.4, -0.2) is 92.6 Å². The van der Waals surface area contributed by atoms with Gasteiger partial charge in [-0.05, 0) is 140 Å². The number of phenols is 2. The number of anilines is 1. The number of nitrogens with one attached hydrogen (secondary N) is 2. The molecule has 1 aliphatic carbocycles. The molecular weight excluding hydrogens is 853 g/mol. The number of rotatable bonds is 16. The van der Waals surface area contributed by atoms with E-state index in [1.807, 2.05) is 36.4 Å². The van der Waals surface area contributed by atoms with Gasteiger partial charge in [0.15, 0.2) is 11.5 Å². The van der Waals surface area contributed by atoms with Crippen molar-refractivity contribution < 1.29 is 49.7 Å². The number of methoxy groups -OCH3 is 1. The highest BCUT2D eigenvalue weighted by Crippen LogP contribution is 2.46. The van der Waals surface area contributed by atoms with E-state index in [-0.39, 0.29) is 55.7 Å². The summed E-state index contributed by atoms with van der Waals surface area (Å²) in [6, 6.07) is 16.4. The number of Topliss-reactive ketones (excluding diaryl/α,β-unsaturated/α-hetero) is 2. The van der Waals surface area contributed by atoms with Gasteiger partial charge in [0.05, 0.1) is 38.1 Å². The second-order valence-electron chi connectivity index (χ2n) is 17.4. The van der Waals surface area contributed by atoms with Gasteiger partial charge in [-0.3, -0.25) is 14.9 Å². The fourth-order valence-electron chi connectivity index (χ4n) is 9.11. The molecule has 1 heterocycles. The van der Waals surface area contributed by atoms with E-state index in [0.29, 0.717) is 85.6 Å². The molecule has 0 saturated heterocycles. The van der Waals surface area contributed by atoms with Crippen molar-refractivity contribution >= 4 is 49.6 Å². The quantitative estimate of drug-likeness (QED) is 0.0303. The maximum Gasteiger partial charge on any atom is 0.168 e. The molecule has 1 saturated carbocycles. The van der Waals surface area contributed by atoms with Crippen LogP contribution in [0.15, 0.2) is 54.6 Å². The summed E-state index contributed by atoms with van der Waals surface area (Å²) >= 11 is 0. The fraction of sp³-hybridized carbons (Fsp3) is 0.520. The lowest BCUT2D eigenvalue weighted by atomic mass is 9.82. The maximum absolute atomic E-state index is 14.2. The molecule has 0 unspecified atom stereocenters. The highest BCUT2D eigenvalue weighted by atomic mass is 33.1. The van der Waals surface area contributed by atoms with Gasteiger partial charge in [-0.1, -0.05) is 65.1 Å². The second-order valence-corrected chi connectivity index (χ2v) is 19.9. The van der Waals surface area contributed by atoms with Gasteiger partial charge >= 0.3 is 0 Å². The summed E-state index contributed by atoms with van der Waals surface area (Å²) in [4.78, 5) is 26.2. The molecule has 0 spiro atoms. The topological polar surface area (TPSA) is 198 Å². The van der Waals surface area contributed by atoms with Crippen LogP contribution < -0.4 is 15.4 Å². The van der Waals surface area contributed by atoms with Crippen LogP contribution >= 0.6 is 21.6 Å². The van der Waals surface area contributed by atoms with Crippen LogP contribution in [0.3, 0.4) is 0 Å². The van der Waals surface area contributed by atoms with Crippen LogP contribution in [0.5, 0.6) is 17.2 Å². The summed E-state index contributed by atoms with van der Waals surface area (Å²) in [6.07, 6.45) is 6.28. The van der Waals surface area contributed by atoms with E-state index < -0.39 is 24.0 Å². The number of aliphatic hydroxyl groups is 4. The Hall–Kier alpha value is -3.86. The van der Waals surface area contributed by atoms with Gasteiger partial charge in [0.1, 0.15) is 23.5 Å². The summed E-state index contributed by atoms with van der Waals surface area (Å²) < 4.78 is 12.8. The van der Waals surface area contributed by atoms with Crippen molar-refractivity contribution in [1.82, 2.24) is 5.32 Å². The minimum absolute atomic E-state index is 0.0284. The number of ketones is 2. The minimum atomic E-state index is -0.744. The average molecular weight is 919 g/mol. The van der Waals surface area contributed by atoms with Crippen LogP contribution in [0.25, 0.3) is 21.9 Å². The van der Waals surface area contributed by atoms with Crippen molar-refractivity contribution in [3.63, 3.8) is 0 Å². The van der Waals surface area contributed by atoms with Gasteiger partial charge in [0.2, 0.25) is 0 Å². The normalized spacial score (nSPS) is 19.1. The van der Waals surface area contributed by atoms with Gasteiger partial charge < -0.3 is 45.4 Å². The lowest BCUT2D eigenvalue weighted by Crippen LogP contribution is -2.34. The largest absolute Gasteiger partial charge is 0.508 e. The SMILES string of the molecule is COc1c(O)ccc2c1-c1ccc3ccc(O)cc3c1CSSC[C@@H](O)CC[C@@H](O[C@H](NCCCC1(O)CCCCC1)c1cc(CO)c(NCC(C)=O)cc1CCCO)CC(=O)CC2. The number of carbonyl (C=O) groups excluding carboxylic acids is 2. The van der Waals surface area contributed by atoms with Crippen molar-refractivity contribution in [3.8, 4) is 28.4 Å². The molecule has 2 aliphatic rings. The number of ether oxygens (including phenoxy) is 2. The Balaban J connectivity index is 1.33. The number of aromatic hydroxyl groups is 2. The van der Waals surface area contributed by atoms with Crippen molar-refractivity contribution in [3.05, 3.63) is 82.4 Å². The van der Waals surface area contributed by atoms with Gasteiger partial charge in [-0.25, -0.2) is 0 Å². The molecule has 4 aromatic carbocycles. The first-order valence-electron chi connectivity index (χ1n) is 22.7. The van der Waals surface area contributed by atoms with E-state index >= 15 is 0 Å². The standard InChI is InChI=1S/C50H66N2O10S2/c1-32(55)28-52-45-25-35(8-6-23-53)43(24-36(45)29-54)49(51-22-7-21-50(60)19-4-3-5-20-50)62-40-16-15-39(58)30-63-64-31-44-41(17-11-33-9-13-38(57)27-42(33)44)47-34(10-14-37(56)26-40)12-18-46(59)48(47)61-2/h9,11-13,17-18,24-25,27,39-40,49,51-54,57-60H,3-8,10,14-16,19-23,26,28-31H2,1-2H3/t39-,40+,49-/m0/s1. The summed E-state index contributed by atoms with van der Waals surface area (Å²) in [5.41, 5.74) is 5.35. The zero-order valence-electron chi connectivity index (χ0n) is 37.2. The first-order valence-corrected chi connectivity index (χ1v) is 25.2. The number of hydrogen-bond acceptors (Lipinski definition) is 14. The van der Waals surface area contributed by atoms with Gasteiger partial charge in [-0.2, -0.15) is 0 Å². The molecule has 1 aliphatic heterocycles. The molecule has 0 aromatic heterocycles. The Morgan fingerprint density at radius 1 is 0.953 bits per heavy atom. The molecule has 0 radical (unpaired) electrons. The van der Waals surface area contributed by atoms with Crippen LogP contribution in [0.2, 0.25) is 0 Å². The number of benzene rings is 4. The maximum atomic E-state index is 14.2. The number of carbonyl (C=O) groups is 2. The third kappa shape index (κ3) is 13.4. The number of aryl methyl sites for hydroxylation is 2. The van der Waals surface area contributed by atoms with Crippen molar-refractivity contribution in [2.75, 3.05) is 37.9 Å². The zero-order chi connectivity index (χ0) is 45.6. The third-order valence-electron chi connectivity index (χ3n) is 12.5. The Kier molecular flexibility index (Phi) is 18.6. The number of phenolic OH excluding ortho intramolecular Hbond substituents is 2. The minimum Gasteiger partial charge on any atom is -0.508 e. The first kappa shape index (κ1) is 49.6. The highest BCUT2D eigenvalue weighted by Gasteiger charge is 2.30. The smallest absolute Gasteiger partial charge is 0.168 e. The Bertz CT molecular complexity index is 2200. The molecule has 4 aromatic rings. The zero-order valence-corrected chi connectivity index (χ0v) is 38.8. The lowest BCUT2D eigenvalue weighted by molar-refractivity contribution is -0.124. The molecule has 0 bridgehead atoms. The van der Waals surface area contributed by atoms with Crippen molar-refractivity contribution in [1.29, 1.82) is 0 Å². The summed E-state index contributed by atoms with van der Waals surface area (Å²) in [5, 5.41) is 73.3. The summed E-state index contributed by atoms with van der Waals surface area (Å²) in [6.45, 7) is 1.74. The Morgan fingerprint density at radius 2 is 1.75 bits per heavy atom. The molecule has 14 heteroatoms. The summed E-state index contributed by atoms with van der Waals surface area (Å²) in [5.74, 6) is 1.25. The van der Waals surface area contributed by atoms with Crippen molar-refractivity contribution in [2.24, 2.45) is 0 Å². The molecule has 3 atom stereocenters. The predicted octanol–water partition coefficient (Wildman–Crippen LogP) is 8.42. The van der Waals surface area contributed by atoms with E-state index in [0.717, 1.165) is 70.7 Å².